The lowest BCUT2D eigenvalue weighted by Gasteiger charge is -2.27. The Bertz CT molecular complexity index is 773. The third kappa shape index (κ3) is 3.81. The van der Waals surface area contributed by atoms with E-state index in [9.17, 15) is 18.0 Å². The zero-order valence-corrected chi connectivity index (χ0v) is 13.9. The summed E-state index contributed by atoms with van der Waals surface area (Å²) in [5.74, 6) is -0.881. The van der Waals surface area contributed by atoms with E-state index in [1.807, 2.05) is 30.3 Å². The Morgan fingerprint density at radius 2 is 2.00 bits per heavy atom. The summed E-state index contributed by atoms with van der Waals surface area (Å²) in [6.45, 7) is 0.129. The molecule has 0 radical (unpaired) electrons. The number of benzene rings is 1. The van der Waals surface area contributed by atoms with Crippen molar-refractivity contribution in [1.29, 1.82) is 0 Å². The van der Waals surface area contributed by atoms with Crippen LogP contribution in [0.4, 0.5) is 0 Å². The lowest BCUT2D eigenvalue weighted by molar-refractivity contribution is -0.138. The van der Waals surface area contributed by atoms with Gasteiger partial charge in [0.25, 0.3) is 0 Å². The van der Waals surface area contributed by atoms with Crippen LogP contribution in [0.2, 0.25) is 0 Å². The number of esters is 1. The third-order valence-corrected chi connectivity index (χ3v) is 5.81. The van der Waals surface area contributed by atoms with Crippen LogP contribution in [0.3, 0.4) is 0 Å². The van der Waals surface area contributed by atoms with Gasteiger partial charge in [0.05, 0.1) is 17.5 Å². The molecule has 0 saturated carbocycles. The molecule has 2 aliphatic rings. The molecule has 1 aromatic carbocycles. The first-order valence-electron chi connectivity index (χ1n) is 7.75. The molecule has 0 aromatic heterocycles. The van der Waals surface area contributed by atoms with E-state index in [2.05, 4.69) is 5.10 Å². The van der Waals surface area contributed by atoms with Gasteiger partial charge in [0.15, 0.2) is 9.84 Å². The van der Waals surface area contributed by atoms with Crippen molar-refractivity contribution in [2.24, 2.45) is 5.10 Å². The first-order chi connectivity index (χ1) is 11.4. The Hall–Kier alpha value is -2.22. The molecule has 8 heteroatoms. The van der Waals surface area contributed by atoms with Gasteiger partial charge in [0, 0.05) is 12.8 Å². The quantitative estimate of drug-likeness (QED) is 0.752. The summed E-state index contributed by atoms with van der Waals surface area (Å²) in [5.41, 5.74) is 1.02. The summed E-state index contributed by atoms with van der Waals surface area (Å²) in [6.07, 6.45) is 0.697. The molecule has 1 saturated heterocycles. The fraction of sp³-hybridized carbons (Fsp3) is 0.438. The smallest absolute Gasteiger partial charge is 0.354 e. The van der Waals surface area contributed by atoms with Crippen molar-refractivity contribution in [3.05, 3.63) is 35.9 Å². The number of hydrogen-bond acceptors (Lipinski definition) is 6. The maximum absolute atomic E-state index is 12.2. The van der Waals surface area contributed by atoms with Crippen molar-refractivity contribution in [2.45, 2.75) is 31.9 Å². The van der Waals surface area contributed by atoms with Gasteiger partial charge in [-0.15, -0.1) is 0 Å². The first-order valence-corrected chi connectivity index (χ1v) is 9.58. The molecule has 128 valence electrons. The Kier molecular flexibility index (Phi) is 4.66. The lowest BCUT2D eigenvalue weighted by Crippen LogP contribution is -2.42. The zero-order chi connectivity index (χ0) is 17.2. The zero-order valence-electron chi connectivity index (χ0n) is 13.1. The molecule has 1 aromatic rings. The molecule has 1 fully saturated rings. The van der Waals surface area contributed by atoms with E-state index in [1.165, 1.54) is 0 Å². The van der Waals surface area contributed by atoms with Crippen molar-refractivity contribution < 1.29 is 22.7 Å². The number of amides is 1. The van der Waals surface area contributed by atoms with Crippen LogP contribution in [0.15, 0.2) is 35.4 Å². The molecule has 0 bridgehead atoms. The number of rotatable bonds is 4. The summed E-state index contributed by atoms with van der Waals surface area (Å²) in [7, 11) is -3.13. The minimum atomic E-state index is -3.13. The van der Waals surface area contributed by atoms with Crippen LogP contribution in [0, 0.1) is 0 Å². The van der Waals surface area contributed by atoms with Gasteiger partial charge in [-0.1, -0.05) is 30.3 Å². The third-order valence-electron chi connectivity index (χ3n) is 4.06. The van der Waals surface area contributed by atoms with E-state index >= 15 is 0 Å². The van der Waals surface area contributed by atoms with Crippen LogP contribution in [-0.4, -0.2) is 48.6 Å². The van der Waals surface area contributed by atoms with Crippen LogP contribution in [0.5, 0.6) is 0 Å². The number of ether oxygens (including phenoxy) is 1. The van der Waals surface area contributed by atoms with Gasteiger partial charge in [-0.05, 0) is 12.0 Å². The monoisotopic (exact) mass is 350 g/mol. The molecule has 0 N–H and O–H groups in total. The van der Waals surface area contributed by atoms with E-state index in [0.717, 1.165) is 10.6 Å². The van der Waals surface area contributed by atoms with E-state index in [1.54, 1.807) is 0 Å². The number of carbonyl (C=O) groups is 2. The Balaban J connectivity index is 1.67. The van der Waals surface area contributed by atoms with Crippen molar-refractivity contribution >= 4 is 27.4 Å². The van der Waals surface area contributed by atoms with Gasteiger partial charge >= 0.3 is 5.97 Å². The average molecular weight is 350 g/mol. The molecular formula is C16H18N2O5S. The van der Waals surface area contributed by atoms with Crippen molar-refractivity contribution in [3.63, 3.8) is 0 Å². The number of carbonyl (C=O) groups excluding carboxylic acids is 2. The first kappa shape index (κ1) is 16.6. The maximum Gasteiger partial charge on any atom is 0.354 e. The highest BCUT2D eigenvalue weighted by Crippen LogP contribution is 2.22. The van der Waals surface area contributed by atoms with Crippen LogP contribution in [0.25, 0.3) is 0 Å². The molecule has 2 heterocycles. The van der Waals surface area contributed by atoms with E-state index in [0.29, 0.717) is 6.42 Å². The molecule has 24 heavy (non-hydrogen) atoms. The number of hydrazone groups is 1. The molecule has 0 unspecified atom stereocenters. The Labute approximate surface area is 140 Å². The van der Waals surface area contributed by atoms with Gasteiger partial charge in [-0.25, -0.2) is 18.2 Å². The normalized spacial score (nSPS) is 23.0. The minimum Gasteiger partial charge on any atom is -0.456 e. The Morgan fingerprint density at radius 1 is 1.25 bits per heavy atom. The molecule has 3 rings (SSSR count). The van der Waals surface area contributed by atoms with Crippen molar-refractivity contribution in [3.8, 4) is 0 Å². The summed E-state index contributed by atoms with van der Waals surface area (Å²) in [6, 6.07) is 8.77. The van der Waals surface area contributed by atoms with Crippen LogP contribution in [-0.2, 0) is 30.8 Å². The molecule has 0 spiro atoms. The molecule has 2 aliphatic heterocycles. The predicted octanol–water partition coefficient (Wildman–Crippen LogP) is 0.895. The Morgan fingerprint density at radius 3 is 2.67 bits per heavy atom. The highest BCUT2D eigenvalue weighted by Gasteiger charge is 2.37. The molecule has 7 nitrogen and oxygen atoms in total. The standard InChI is InChI=1S/C16H18N2O5S/c19-15-7-6-14(16(20)23-10-12-4-2-1-3-5-12)17-18(15)13-8-9-24(21,22)11-13/h1-5,13H,6-11H2/t13-/m1/s1. The second kappa shape index (κ2) is 6.72. The highest BCUT2D eigenvalue weighted by molar-refractivity contribution is 7.91. The maximum atomic E-state index is 12.2. The van der Waals surface area contributed by atoms with Crippen molar-refractivity contribution in [1.82, 2.24) is 5.01 Å². The van der Waals surface area contributed by atoms with E-state index in [-0.39, 0.29) is 42.6 Å². The van der Waals surface area contributed by atoms with Crippen molar-refractivity contribution in [2.75, 3.05) is 11.5 Å². The van der Waals surface area contributed by atoms with Crippen LogP contribution in [0.1, 0.15) is 24.8 Å². The predicted molar refractivity (Wildman–Crippen MR) is 86.8 cm³/mol. The summed E-state index contributed by atoms with van der Waals surface area (Å²) < 4.78 is 28.4. The van der Waals surface area contributed by atoms with Crippen LogP contribution >= 0.6 is 0 Å². The minimum absolute atomic E-state index is 0.0464. The summed E-state index contributed by atoms with van der Waals surface area (Å²) >= 11 is 0. The number of hydrogen-bond donors (Lipinski definition) is 0. The second-order valence-corrected chi connectivity index (χ2v) is 8.13. The molecule has 1 amide bonds. The van der Waals surface area contributed by atoms with Gasteiger partial charge in [0.2, 0.25) is 5.91 Å². The topological polar surface area (TPSA) is 93.1 Å². The summed E-state index contributed by atoms with van der Waals surface area (Å²) in [4.78, 5) is 24.2. The fourth-order valence-corrected chi connectivity index (χ4v) is 4.47. The van der Waals surface area contributed by atoms with Gasteiger partial charge < -0.3 is 4.74 Å². The number of sulfone groups is 1. The fourth-order valence-electron chi connectivity index (χ4n) is 2.78. The van der Waals surface area contributed by atoms with E-state index in [4.69, 9.17) is 4.74 Å². The summed E-state index contributed by atoms with van der Waals surface area (Å²) in [5, 5.41) is 5.24. The van der Waals surface area contributed by atoms with Gasteiger partial charge in [0.1, 0.15) is 12.3 Å². The SMILES string of the molecule is O=C(OCc1ccccc1)C1=NN([C@@H]2CCS(=O)(=O)C2)C(=O)CC1. The largest absolute Gasteiger partial charge is 0.456 e. The molecule has 1 atom stereocenters. The van der Waals surface area contributed by atoms with Gasteiger partial charge in [-0.3, -0.25) is 4.79 Å². The van der Waals surface area contributed by atoms with Crippen LogP contribution < -0.4 is 0 Å². The second-order valence-electron chi connectivity index (χ2n) is 5.90. The number of nitrogens with zero attached hydrogens (tertiary/aromatic N) is 2. The average Bonchev–Trinajstić information content (AvgIpc) is 2.94. The molecule has 0 aliphatic carbocycles. The van der Waals surface area contributed by atoms with Gasteiger partial charge in [-0.2, -0.15) is 5.10 Å². The van der Waals surface area contributed by atoms with E-state index < -0.39 is 21.8 Å². The molecular weight excluding hydrogens is 332 g/mol. The lowest BCUT2D eigenvalue weighted by atomic mass is 10.1. The highest BCUT2D eigenvalue weighted by atomic mass is 32.2.